The number of nitrogens with two attached hydrogens (primary N) is 1. The predicted octanol–water partition coefficient (Wildman–Crippen LogP) is 1.83. The summed E-state index contributed by atoms with van der Waals surface area (Å²) in [5, 5.41) is 6.86. The van der Waals surface area contributed by atoms with Gasteiger partial charge in [0.1, 0.15) is 12.1 Å². The average molecular weight is 370 g/mol. The molecule has 138 valence electrons. The zero-order valence-electron chi connectivity index (χ0n) is 14.3. The van der Waals surface area contributed by atoms with Crippen molar-refractivity contribution in [3.05, 3.63) is 11.7 Å². The maximum atomic E-state index is 12.9. The number of rotatable bonds is 3. The van der Waals surface area contributed by atoms with E-state index in [0.717, 1.165) is 38.5 Å². The van der Waals surface area contributed by atoms with Gasteiger partial charge in [0.15, 0.2) is 5.82 Å². The van der Waals surface area contributed by atoms with E-state index in [9.17, 15) is 9.59 Å². The van der Waals surface area contributed by atoms with Gasteiger partial charge < -0.3 is 15.6 Å². The molecule has 1 spiro atoms. The van der Waals surface area contributed by atoms with E-state index in [1.54, 1.807) is 0 Å². The lowest BCUT2D eigenvalue weighted by molar-refractivity contribution is -0.134. The van der Waals surface area contributed by atoms with E-state index in [2.05, 4.69) is 15.5 Å². The Morgan fingerprint density at radius 3 is 2.68 bits per heavy atom. The molecule has 3 aliphatic rings. The van der Waals surface area contributed by atoms with Gasteiger partial charge in [0.25, 0.3) is 5.91 Å². The van der Waals surface area contributed by atoms with Crippen LogP contribution in [0.5, 0.6) is 0 Å². The highest BCUT2D eigenvalue weighted by Crippen LogP contribution is 2.39. The minimum atomic E-state index is -0.763. The summed E-state index contributed by atoms with van der Waals surface area (Å²) in [4.78, 5) is 30.8. The summed E-state index contributed by atoms with van der Waals surface area (Å²) < 4.78 is 5.23. The van der Waals surface area contributed by atoms with Crippen LogP contribution in [-0.4, -0.2) is 32.5 Å². The van der Waals surface area contributed by atoms with Crippen LogP contribution in [0, 0.1) is 5.92 Å². The average Bonchev–Trinajstić information content (AvgIpc) is 3.08. The Balaban J connectivity index is 0.00000182. The topological polar surface area (TPSA) is 114 Å². The highest BCUT2D eigenvalue weighted by atomic mass is 35.5. The smallest absolute Gasteiger partial charge is 0.325 e. The Bertz CT molecular complexity index is 689. The minimum Gasteiger partial charge on any atom is -0.337 e. The van der Waals surface area contributed by atoms with Gasteiger partial charge in [0.05, 0.1) is 5.54 Å². The molecule has 0 aromatic carbocycles. The minimum absolute atomic E-state index is 0. The molecule has 8 nitrogen and oxygen atoms in total. The van der Waals surface area contributed by atoms with E-state index >= 15 is 0 Å². The second kappa shape index (κ2) is 6.25. The summed E-state index contributed by atoms with van der Waals surface area (Å²) in [5.74, 6) is 0.682. The van der Waals surface area contributed by atoms with E-state index in [1.165, 1.54) is 4.90 Å². The first-order valence-electron chi connectivity index (χ1n) is 8.71. The van der Waals surface area contributed by atoms with Gasteiger partial charge in [-0.3, -0.25) is 9.69 Å². The molecule has 2 aliphatic carbocycles. The molecule has 9 heteroatoms. The SMILES string of the molecule is CC1CCCCC12NC(=O)N(Cc1nc(C3(N)CCC3)no1)C2=O.Cl. The molecular weight excluding hydrogens is 346 g/mol. The number of halogens is 1. The Morgan fingerprint density at radius 1 is 1.28 bits per heavy atom. The number of hydrogen-bond acceptors (Lipinski definition) is 6. The fourth-order valence-electron chi connectivity index (χ4n) is 4.08. The second-order valence-corrected chi connectivity index (χ2v) is 7.46. The molecule has 25 heavy (non-hydrogen) atoms. The van der Waals surface area contributed by atoms with E-state index < -0.39 is 11.1 Å². The van der Waals surface area contributed by atoms with Crippen molar-refractivity contribution in [1.29, 1.82) is 0 Å². The van der Waals surface area contributed by atoms with Gasteiger partial charge in [-0.1, -0.05) is 24.9 Å². The Kier molecular flexibility index (Phi) is 4.53. The third-order valence-electron chi connectivity index (χ3n) is 5.95. The first-order chi connectivity index (χ1) is 11.4. The molecule has 4 rings (SSSR count). The normalized spacial score (nSPS) is 30.8. The summed E-state index contributed by atoms with van der Waals surface area (Å²) in [6.45, 7) is 2.03. The van der Waals surface area contributed by atoms with Crippen LogP contribution in [0.2, 0.25) is 0 Å². The molecule has 2 saturated carbocycles. The molecule has 2 heterocycles. The molecule has 1 aromatic rings. The Morgan fingerprint density at radius 2 is 2.04 bits per heavy atom. The molecule has 2 unspecified atom stereocenters. The Hall–Kier alpha value is -1.67. The first kappa shape index (κ1) is 18.1. The van der Waals surface area contributed by atoms with Gasteiger partial charge in [-0.2, -0.15) is 4.98 Å². The standard InChI is InChI=1S/C16H23N5O3.ClH/c1-10-5-2-3-8-16(10)13(22)21(14(23)19-16)9-11-18-12(20-24-11)15(17)6-4-7-15;/h10H,2-9,17H2,1H3,(H,19,23);1H. The van der Waals surface area contributed by atoms with E-state index in [1.807, 2.05) is 6.92 Å². The molecule has 3 N–H and O–H groups in total. The Labute approximate surface area is 152 Å². The lowest BCUT2D eigenvalue weighted by Crippen LogP contribution is -2.53. The highest BCUT2D eigenvalue weighted by molar-refractivity contribution is 6.07. The van der Waals surface area contributed by atoms with Crippen molar-refractivity contribution < 1.29 is 14.1 Å². The number of aromatic nitrogens is 2. The molecule has 0 radical (unpaired) electrons. The molecule has 0 bridgehead atoms. The van der Waals surface area contributed by atoms with Crippen LogP contribution in [0.15, 0.2) is 4.52 Å². The lowest BCUT2D eigenvalue weighted by atomic mass is 9.73. The van der Waals surface area contributed by atoms with Gasteiger partial charge in [-0.25, -0.2) is 4.79 Å². The summed E-state index contributed by atoms with van der Waals surface area (Å²) in [6.07, 6.45) is 6.39. The number of hydrogen-bond donors (Lipinski definition) is 2. The van der Waals surface area contributed by atoms with Crippen LogP contribution in [0.3, 0.4) is 0 Å². The van der Waals surface area contributed by atoms with Crippen LogP contribution in [0.4, 0.5) is 4.79 Å². The zero-order valence-corrected chi connectivity index (χ0v) is 15.1. The number of nitrogens with one attached hydrogen (secondary N) is 1. The highest BCUT2D eigenvalue weighted by Gasteiger charge is 2.55. The van der Waals surface area contributed by atoms with Crippen LogP contribution < -0.4 is 11.1 Å². The van der Waals surface area contributed by atoms with E-state index in [-0.39, 0.29) is 42.7 Å². The van der Waals surface area contributed by atoms with Crippen molar-refractivity contribution in [2.45, 2.75) is 69.5 Å². The van der Waals surface area contributed by atoms with Crippen molar-refractivity contribution in [2.24, 2.45) is 11.7 Å². The fourth-order valence-corrected chi connectivity index (χ4v) is 4.08. The number of carbonyl (C=O) groups excluding carboxylic acids is 2. The number of urea groups is 1. The summed E-state index contributed by atoms with van der Waals surface area (Å²) in [5.41, 5.74) is 4.91. The number of imide groups is 1. The summed E-state index contributed by atoms with van der Waals surface area (Å²) >= 11 is 0. The van der Waals surface area contributed by atoms with Crippen molar-refractivity contribution in [3.63, 3.8) is 0 Å². The van der Waals surface area contributed by atoms with Crippen molar-refractivity contribution in [3.8, 4) is 0 Å². The molecule has 1 aliphatic heterocycles. The van der Waals surface area contributed by atoms with Crippen LogP contribution in [-0.2, 0) is 16.9 Å². The lowest BCUT2D eigenvalue weighted by Gasteiger charge is -2.36. The molecule has 1 aromatic heterocycles. The molecule has 3 amide bonds. The largest absolute Gasteiger partial charge is 0.337 e. The molecular formula is C16H24ClN5O3. The maximum absolute atomic E-state index is 12.9. The summed E-state index contributed by atoms with van der Waals surface area (Å²) in [7, 11) is 0. The monoisotopic (exact) mass is 369 g/mol. The first-order valence-corrected chi connectivity index (χ1v) is 8.71. The molecule has 2 atom stereocenters. The predicted molar refractivity (Wildman–Crippen MR) is 90.7 cm³/mol. The van der Waals surface area contributed by atoms with E-state index in [4.69, 9.17) is 10.3 Å². The second-order valence-electron chi connectivity index (χ2n) is 7.46. The zero-order chi connectivity index (χ0) is 16.9. The number of amides is 3. The van der Waals surface area contributed by atoms with Crippen LogP contribution in [0.25, 0.3) is 0 Å². The van der Waals surface area contributed by atoms with Gasteiger partial charge in [-0.05, 0) is 38.0 Å². The fraction of sp³-hybridized carbons (Fsp3) is 0.750. The van der Waals surface area contributed by atoms with Gasteiger partial charge >= 0.3 is 6.03 Å². The third-order valence-corrected chi connectivity index (χ3v) is 5.95. The van der Waals surface area contributed by atoms with E-state index in [0.29, 0.717) is 12.2 Å². The maximum Gasteiger partial charge on any atom is 0.325 e. The quantitative estimate of drug-likeness (QED) is 0.785. The molecule has 1 saturated heterocycles. The van der Waals surface area contributed by atoms with Crippen molar-refractivity contribution >= 4 is 24.3 Å². The number of nitrogens with zero attached hydrogens (tertiary/aromatic N) is 3. The summed E-state index contributed by atoms with van der Waals surface area (Å²) in [6, 6.07) is -0.375. The van der Waals surface area contributed by atoms with Crippen LogP contribution in [0.1, 0.15) is 63.6 Å². The third kappa shape index (κ3) is 2.71. The van der Waals surface area contributed by atoms with Crippen molar-refractivity contribution in [2.75, 3.05) is 0 Å². The van der Waals surface area contributed by atoms with Gasteiger partial charge in [0.2, 0.25) is 5.89 Å². The van der Waals surface area contributed by atoms with Crippen LogP contribution >= 0.6 is 12.4 Å². The van der Waals surface area contributed by atoms with Gasteiger partial charge in [0, 0.05) is 0 Å². The van der Waals surface area contributed by atoms with Crippen molar-refractivity contribution in [1.82, 2.24) is 20.4 Å². The number of carbonyl (C=O) groups is 2. The molecule has 3 fully saturated rings. The van der Waals surface area contributed by atoms with Gasteiger partial charge in [-0.15, -0.1) is 12.4 Å².